The highest BCUT2D eigenvalue weighted by Crippen LogP contribution is 2.33. The molecule has 1 unspecified atom stereocenters. The van der Waals surface area contributed by atoms with Crippen molar-refractivity contribution in [2.24, 2.45) is 0 Å². The molecule has 0 spiro atoms. The van der Waals surface area contributed by atoms with E-state index in [1.165, 1.54) is 7.11 Å². The molecule has 5 heteroatoms. The van der Waals surface area contributed by atoms with E-state index in [1.54, 1.807) is 4.90 Å². The lowest BCUT2D eigenvalue weighted by atomic mass is 9.96. The van der Waals surface area contributed by atoms with Crippen LogP contribution in [0.3, 0.4) is 0 Å². The molecule has 5 nitrogen and oxygen atoms in total. The molecular weight excluding hydrogens is 282 g/mol. The van der Waals surface area contributed by atoms with E-state index >= 15 is 0 Å². The van der Waals surface area contributed by atoms with Gasteiger partial charge in [0, 0.05) is 13.5 Å². The lowest BCUT2D eigenvalue weighted by Gasteiger charge is -2.30. The first-order valence-corrected chi connectivity index (χ1v) is 7.43. The molecule has 0 aliphatic carbocycles. The molecule has 1 saturated heterocycles. The monoisotopic (exact) mass is 305 g/mol. The molecule has 0 bridgehead atoms. The number of hydrogen-bond donors (Lipinski definition) is 0. The van der Waals surface area contributed by atoms with E-state index in [0.29, 0.717) is 13.0 Å². The van der Waals surface area contributed by atoms with Crippen molar-refractivity contribution < 1.29 is 19.1 Å². The Labute approximate surface area is 131 Å². The van der Waals surface area contributed by atoms with Gasteiger partial charge in [0.2, 0.25) is 0 Å². The summed E-state index contributed by atoms with van der Waals surface area (Å²) in [5.74, 6) is -0.565. The first-order chi connectivity index (χ1) is 10.4. The third kappa shape index (κ3) is 2.86. The lowest BCUT2D eigenvalue weighted by molar-refractivity contribution is -0.140. The van der Waals surface area contributed by atoms with Crippen molar-refractivity contribution in [3.63, 3.8) is 0 Å². The van der Waals surface area contributed by atoms with E-state index < -0.39 is 6.04 Å². The molecule has 1 aromatic rings. The molecule has 1 heterocycles. The Morgan fingerprint density at radius 3 is 2.32 bits per heavy atom. The number of rotatable bonds is 4. The average molecular weight is 305 g/mol. The number of aryl methyl sites for hydroxylation is 2. The average Bonchev–Trinajstić information content (AvgIpc) is 2.87. The van der Waals surface area contributed by atoms with Gasteiger partial charge in [-0.05, 0) is 49.9 Å². The number of cyclic esters (lactones) is 1. The molecule has 1 aliphatic heterocycles. The molecule has 0 N–H and O–H groups in total. The lowest BCUT2D eigenvalue weighted by Crippen LogP contribution is -2.45. The second-order valence-corrected chi connectivity index (χ2v) is 5.78. The van der Waals surface area contributed by atoms with Crippen molar-refractivity contribution in [3.8, 4) is 0 Å². The Bertz CT molecular complexity index is 583. The van der Waals surface area contributed by atoms with E-state index in [0.717, 1.165) is 27.9 Å². The van der Waals surface area contributed by atoms with Crippen LogP contribution in [0.5, 0.6) is 0 Å². The summed E-state index contributed by atoms with van der Waals surface area (Å²) >= 11 is 0. The van der Waals surface area contributed by atoms with Gasteiger partial charge in [0.25, 0.3) is 5.91 Å². The van der Waals surface area contributed by atoms with Gasteiger partial charge in [-0.25, -0.2) is 4.79 Å². The zero-order valence-corrected chi connectivity index (χ0v) is 13.9. The number of amides is 1. The zero-order chi connectivity index (χ0) is 16.4. The van der Waals surface area contributed by atoms with Gasteiger partial charge in [-0.2, -0.15) is 0 Å². The number of benzene rings is 1. The second kappa shape index (κ2) is 6.48. The molecule has 22 heavy (non-hydrogen) atoms. The van der Waals surface area contributed by atoms with Crippen LogP contribution in [-0.4, -0.2) is 38.2 Å². The Kier molecular flexibility index (Phi) is 4.86. The van der Waals surface area contributed by atoms with Crippen LogP contribution in [0.4, 0.5) is 5.69 Å². The van der Waals surface area contributed by atoms with Crippen LogP contribution in [0.1, 0.15) is 28.7 Å². The summed E-state index contributed by atoms with van der Waals surface area (Å²) in [5, 5.41) is 0. The summed E-state index contributed by atoms with van der Waals surface area (Å²) in [6, 6.07) is 1.53. The normalized spacial score (nSPS) is 17.5. The maximum absolute atomic E-state index is 12.6. The van der Waals surface area contributed by atoms with E-state index in [9.17, 15) is 9.59 Å². The molecule has 1 atom stereocenters. The fraction of sp³-hybridized carbons (Fsp3) is 0.529. The minimum Gasteiger partial charge on any atom is -0.464 e. The fourth-order valence-electron chi connectivity index (χ4n) is 2.92. The maximum atomic E-state index is 12.6. The summed E-state index contributed by atoms with van der Waals surface area (Å²) in [6.07, 6.45) is 0.514. The van der Waals surface area contributed by atoms with Crippen molar-refractivity contribution in [1.82, 2.24) is 0 Å². The minimum absolute atomic E-state index is 0.0599. The first-order valence-electron chi connectivity index (χ1n) is 7.43. The van der Waals surface area contributed by atoms with E-state index in [2.05, 4.69) is 6.07 Å². The summed E-state index contributed by atoms with van der Waals surface area (Å²) in [5.41, 5.74) is 5.02. The molecule has 0 saturated carbocycles. The molecule has 0 aromatic heterocycles. The van der Waals surface area contributed by atoms with Crippen LogP contribution in [0.15, 0.2) is 6.07 Å². The van der Waals surface area contributed by atoms with Crippen molar-refractivity contribution >= 4 is 17.6 Å². The number of carbonyl (C=O) groups excluding carboxylic acids is 2. The van der Waals surface area contributed by atoms with Crippen LogP contribution in [-0.2, 0) is 19.1 Å². The largest absolute Gasteiger partial charge is 0.464 e. The Balaban J connectivity index is 2.59. The molecule has 0 radical (unpaired) electrons. The molecular formula is C17H23NO4. The van der Waals surface area contributed by atoms with Crippen molar-refractivity contribution in [2.75, 3.05) is 25.2 Å². The van der Waals surface area contributed by atoms with Crippen LogP contribution < -0.4 is 4.90 Å². The quantitative estimate of drug-likeness (QED) is 0.800. The maximum Gasteiger partial charge on any atom is 0.329 e. The fourth-order valence-corrected chi connectivity index (χ4v) is 2.92. The number of carbonyl (C=O) groups is 2. The Morgan fingerprint density at radius 2 is 1.86 bits per heavy atom. The number of esters is 1. The summed E-state index contributed by atoms with van der Waals surface area (Å²) in [7, 11) is 1.48. The number of nitrogens with zero attached hydrogens (tertiary/aromatic N) is 1. The molecule has 2 rings (SSSR count). The van der Waals surface area contributed by atoms with Gasteiger partial charge in [0.1, 0.15) is 12.6 Å². The number of hydrogen-bond acceptors (Lipinski definition) is 4. The molecule has 1 amide bonds. The zero-order valence-electron chi connectivity index (χ0n) is 13.9. The van der Waals surface area contributed by atoms with Crippen LogP contribution >= 0.6 is 0 Å². The molecule has 1 aliphatic rings. The van der Waals surface area contributed by atoms with Gasteiger partial charge < -0.3 is 9.47 Å². The van der Waals surface area contributed by atoms with Crippen LogP contribution in [0.25, 0.3) is 0 Å². The highest BCUT2D eigenvalue weighted by atomic mass is 16.5. The molecule has 1 aromatic carbocycles. The van der Waals surface area contributed by atoms with E-state index in [-0.39, 0.29) is 18.5 Å². The second-order valence-electron chi connectivity index (χ2n) is 5.78. The highest BCUT2D eigenvalue weighted by molar-refractivity contribution is 6.02. The van der Waals surface area contributed by atoms with Gasteiger partial charge in [0.05, 0.1) is 12.3 Å². The van der Waals surface area contributed by atoms with Crippen molar-refractivity contribution in [3.05, 3.63) is 28.3 Å². The molecule has 120 valence electrons. The third-order valence-electron chi connectivity index (χ3n) is 4.32. The van der Waals surface area contributed by atoms with Crippen molar-refractivity contribution in [2.45, 2.75) is 40.2 Å². The predicted octanol–water partition coefficient (Wildman–Crippen LogP) is 2.22. The van der Waals surface area contributed by atoms with E-state index in [4.69, 9.17) is 9.47 Å². The van der Waals surface area contributed by atoms with Gasteiger partial charge >= 0.3 is 5.97 Å². The smallest absolute Gasteiger partial charge is 0.329 e. The van der Waals surface area contributed by atoms with Crippen molar-refractivity contribution in [1.29, 1.82) is 0 Å². The van der Waals surface area contributed by atoms with Gasteiger partial charge in [-0.15, -0.1) is 0 Å². The standard InChI is InChI=1S/C17H23NO4/c1-10-8-11(2)13(4)16(12(10)3)18(15(19)9-21-5)14-6-7-22-17(14)20/h8,14H,6-7,9H2,1-5H3. The van der Waals surface area contributed by atoms with Crippen LogP contribution in [0.2, 0.25) is 0 Å². The predicted molar refractivity (Wildman–Crippen MR) is 84.1 cm³/mol. The van der Waals surface area contributed by atoms with E-state index in [1.807, 2.05) is 27.7 Å². The van der Waals surface area contributed by atoms with Gasteiger partial charge in [0.15, 0.2) is 0 Å². The van der Waals surface area contributed by atoms with Gasteiger partial charge in [-0.1, -0.05) is 6.07 Å². The third-order valence-corrected chi connectivity index (χ3v) is 4.32. The topological polar surface area (TPSA) is 55.8 Å². The minimum atomic E-state index is -0.568. The summed E-state index contributed by atoms with van der Waals surface area (Å²) in [4.78, 5) is 26.2. The first kappa shape index (κ1) is 16.5. The highest BCUT2D eigenvalue weighted by Gasteiger charge is 2.37. The number of methoxy groups -OCH3 is 1. The summed E-state index contributed by atoms with van der Waals surface area (Å²) in [6.45, 7) is 8.27. The Morgan fingerprint density at radius 1 is 1.27 bits per heavy atom. The molecule has 1 fully saturated rings. The SMILES string of the molecule is COCC(=O)N(c1c(C)c(C)cc(C)c1C)C1CCOC1=O. The Hall–Kier alpha value is -1.88. The van der Waals surface area contributed by atoms with Crippen LogP contribution in [0, 0.1) is 27.7 Å². The summed E-state index contributed by atoms with van der Waals surface area (Å²) < 4.78 is 10.1. The van der Waals surface area contributed by atoms with Gasteiger partial charge in [-0.3, -0.25) is 9.69 Å². The number of ether oxygens (including phenoxy) is 2. The number of anilines is 1.